The average Bonchev–Trinajstić information content (AvgIpc) is 2.28. The van der Waals surface area contributed by atoms with E-state index in [-0.39, 0.29) is 24.9 Å². The molecule has 0 radical (unpaired) electrons. The van der Waals surface area contributed by atoms with Gasteiger partial charge in [-0.2, -0.15) is 0 Å². The SMILES string of the molecule is Cl.N[C@@H](CC(=O)O)C1CCCCCCCCCCC1. The second kappa shape index (κ2) is 11.5. The second-order valence-electron chi connectivity index (χ2n) is 5.78. The lowest BCUT2D eigenvalue weighted by Gasteiger charge is -2.23. The lowest BCUT2D eigenvalue weighted by Crippen LogP contribution is -2.32. The molecule has 1 rings (SSSR count). The zero-order valence-electron chi connectivity index (χ0n) is 12.0. The van der Waals surface area contributed by atoms with Crippen LogP contribution in [-0.4, -0.2) is 17.1 Å². The fraction of sp³-hybridized carbons (Fsp3) is 0.933. The van der Waals surface area contributed by atoms with E-state index in [0.29, 0.717) is 5.92 Å². The van der Waals surface area contributed by atoms with Gasteiger partial charge in [0.15, 0.2) is 0 Å². The first-order chi connectivity index (χ1) is 8.70. The summed E-state index contributed by atoms with van der Waals surface area (Å²) in [5.41, 5.74) is 6.05. The van der Waals surface area contributed by atoms with Crippen LogP contribution in [-0.2, 0) is 4.79 Å². The van der Waals surface area contributed by atoms with E-state index in [1.807, 2.05) is 0 Å². The summed E-state index contributed by atoms with van der Waals surface area (Å²) >= 11 is 0. The summed E-state index contributed by atoms with van der Waals surface area (Å²) in [4.78, 5) is 10.7. The molecule has 0 aromatic heterocycles. The van der Waals surface area contributed by atoms with Crippen molar-refractivity contribution in [2.24, 2.45) is 11.7 Å². The minimum atomic E-state index is -0.756. The van der Waals surface area contributed by atoms with Crippen LogP contribution in [0.25, 0.3) is 0 Å². The number of rotatable bonds is 3. The summed E-state index contributed by atoms with van der Waals surface area (Å²) < 4.78 is 0. The first kappa shape index (κ1) is 18.7. The molecule has 1 aliphatic carbocycles. The van der Waals surface area contributed by atoms with E-state index in [0.717, 1.165) is 12.8 Å². The quantitative estimate of drug-likeness (QED) is 0.822. The first-order valence-electron chi connectivity index (χ1n) is 7.67. The summed E-state index contributed by atoms with van der Waals surface area (Å²) in [6.45, 7) is 0. The van der Waals surface area contributed by atoms with Crippen LogP contribution in [0.4, 0.5) is 0 Å². The van der Waals surface area contributed by atoms with Gasteiger partial charge in [-0.1, -0.05) is 57.8 Å². The molecule has 0 aliphatic heterocycles. The summed E-state index contributed by atoms with van der Waals surface area (Å²) in [5.74, 6) is -0.339. The maximum absolute atomic E-state index is 10.7. The first-order valence-corrected chi connectivity index (χ1v) is 7.67. The third-order valence-electron chi connectivity index (χ3n) is 4.17. The van der Waals surface area contributed by atoms with Gasteiger partial charge in [-0.3, -0.25) is 4.79 Å². The Hall–Kier alpha value is -0.280. The number of carboxylic acids is 1. The van der Waals surface area contributed by atoms with Crippen LogP contribution in [0.1, 0.15) is 77.0 Å². The van der Waals surface area contributed by atoms with E-state index >= 15 is 0 Å². The van der Waals surface area contributed by atoms with Gasteiger partial charge >= 0.3 is 5.97 Å². The largest absolute Gasteiger partial charge is 0.481 e. The third-order valence-corrected chi connectivity index (χ3v) is 4.17. The second-order valence-corrected chi connectivity index (χ2v) is 5.78. The fourth-order valence-electron chi connectivity index (χ4n) is 2.99. The Morgan fingerprint density at radius 3 is 1.68 bits per heavy atom. The zero-order valence-corrected chi connectivity index (χ0v) is 12.8. The molecule has 3 N–H and O–H groups in total. The molecule has 1 aliphatic rings. The van der Waals surface area contributed by atoms with E-state index in [1.54, 1.807) is 0 Å². The van der Waals surface area contributed by atoms with Crippen molar-refractivity contribution in [1.82, 2.24) is 0 Å². The van der Waals surface area contributed by atoms with Gasteiger partial charge in [0, 0.05) is 6.04 Å². The Kier molecular flexibility index (Phi) is 11.4. The average molecular weight is 292 g/mol. The molecule has 1 atom stereocenters. The normalized spacial score (nSPS) is 21.5. The minimum Gasteiger partial charge on any atom is -0.481 e. The van der Waals surface area contributed by atoms with Gasteiger partial charge in [-0.15, -0.1) is 12.4 Å². The van der Waals surface area contributed by atoms with Crippen LogP contribution >= 0.6 is 12.4 Å². The minimum absolute atomic E-state index is 0. The molecule has 0 heterocycles. The molecule has 1 fully saturated rings. The Bertz CT molecular complexity index is 224. The van der Waals surface area contributed by atoms with Crippen molar-refractivity contribution < 1.29 is 9.90 Å². The van der Waals surface area contributed by atoms with Crippen molar-refractivity contribution in [2.45, 2.75) is 83.1 Å². The molecule has 0 aromatic carbocycles. The lowest BCUT2D eigenvalue weighted by molar-refractivity contribution is -0.137. The number of aliphatic carboxylic acids is 1. The molecule has 3 nitrogen and oxygen atoms in total. The van der Waals surface area contributed by atoms with Gasteiger partial charge in [0.25, 0.3) is 0 Å². The molecule has 0 amide bonds. The van der Waals surface area contributed by atoms with Gasteiger partial charge in [-0.05, 0) is 18.8 Å². The Morgan fingerprint density at radius 1 is 0.947 bits per heavy atom. The third kappa shape index (κ3) is 9.28. The number of hydrogen-bond acceptors (Lipinski definition) is 2. The van der Waals surface area contributed by atoms with Crippen LogP contribution in [0.5, 0.6) is 0 Å². The summed E-state index contributed by atoms with van der Waals surface area (Å²) in [7, 11) is 0. The number of nitrogens with two attached hydrogens (primary N) is 1. The van der Waals surface area contributed by atoms with Gasteiger partial charge in [0.1, 0.15) is 0 Å². The highest BCUT2D eigenvalue weighted by atomic mass is 35.5. The van der Waals surface area contributed by atoms with Gasteiger partial charge in [0.05, 0.1) is 6.42 Å². The molecule has 0 spiro atoms. The number of carboxylic acid groups (broad SMARTS) is 1. The molecule has 0 aromatic rings. The Balaban J connectivity index is 0.00000324. The van der Waals surface area contributed by atoms with Crippen molar-refractivity contribution in [2.75, 3.05) is 0 Å². The number of halogens is 1. The van der Waals surface area contributed by atoms with E-state index < -0.39 is 5.97 Å². The van der Waals surface area contributed by atoms with Gasteiger partial charge in [0.2, 0.25) is 0 Å². The maximum Gasteiger partial charge on any atom is 0.304 e. The van der Waals surface area contributed by atoms with Crippen LogP contribution in [0.2, 0.25) is 0 Å². The number of carbonyl (C=O) groups is 1. The van der Waals surface area contributed by atoms with Crippen LogP contribution in [0, 0.1) is 5.92 Å². The zero-order chi connectivity index (χ0) is 13.2. The van der Waals surface area contributed by atoms with Gasteiger partial charge < -0.3 is 10.8 Å². The van der Waals surface area contributed by atoms with Crippen LogP contribution in [0.15, 0.2) is 0 Å². The lowest BCUT2D eigenvalue weighted by atomic mass is 9.86. The Labute approximate surface area is 123 Å². The van der Waals surface area contributed by atoms with Crippen molar-refractivity contribution in [3.63, 3.8) is 0 Å². The summed E-state index contributed by atoms with van der Waals surface area (Å²) in [6.07, 6.45) is 14.2. The predicted molar refractivity (Wildman–Crippen MR) is 81.8 cm³/mol. The molecule has 0 unspecified atom stereocenters. The molecule has 0 bridgehead atoms. The van der Waals surface area contributed by atoms with E-state index in [2.05, 4.69) is 0 Å². The van der Waals surface area contributed by atoms with Gasteiger partial charge in [-0.25, -0.2) is 0 Å². The molecule has 1 saturated carbocycles. The predicted octanol–water partition coefficient (Wildman–Crippen LogP) is 4.13. The van der Waals surface area contributed by atoms with Crippen LogP contribution < -0.4 is 5.73 Å². The molecule has 0 saturated heterocycles. The van der Waals surface area contributed by atoms with Crippen molar-refractivity contribution in [3.8, 4) is 0 Å². The number of hydrogen-bond donors (Lipinski definition) is 2. The molecular weight excluding hydrogens is 262 g/mol. The molecule has 19 heavy (non-hydrogen) atoms. The highest BCUT2D eigenvalue weighted by molar-refractivity contribution is 5.85. The van der Waals surface area contributed by atoms with E-state index in [1.165, 1.54) is 57.8 Å². The monoisotopic (exact) mass is 291 g/mol. The highest BCUT2D eigenvalue weighted by Crippen LogP contribution is 2.24. The Morgan fingerprint density at radius 2 is 1.32 bits per heavy atom. The van der Waals surface area contributed by atoms with Crippen molar-refractivity contribution >= 4 is 18.4 Å². The molecular formula is C15H30ClNO2. The van der Waals surface area contributed by atoms with E-state index in [9.17, 15) is 4.79 Å². The molecule has 114 valence electrons. The van der Waals surface area contributed by atoms with Crippen molar-refractivity contribution in [1.29, 1.82) is 0 Å². The summed E-state index contributed by atoms with van der Waals surface area (Å²) in [6, 6.07) is -0.148. The van der Waals surface area contributed by atoms with Crippen LogP contribution in [0.3, 0.4) is 0 Å². The maximum atomic E-state index is 10.7. The topological polar surface area (TPSA) is 63.3 Å². The van der Waals surface area contributed by atoms with E-state index in [4.69, 9.17) is 10.8 Å². The fourth-order valence-corrected chi connectivity index (χ4v) is 2.99. The standard InChI is InChI=1S/C15H29NO2.ClH/c16-14(12-15(17)18)13-10-8-6-4-2-1-3-5-7-9-11-13;/h13-14H,1-12,16H2,(H,17,18);1H/t14-;/m0./s1. The summed E-state index contributed by atoms with van der Waals surface area (Å²) in [5, 5.41) is 8.84. The smallest absolute Gasteiger partial charge is 0.304 e. The van der Waals surface area contributed by atoms with Crippen molar-refractivity contribution in [3.05, 3.63) is 0 Å². The molecule has 4 heteroatoms. The highest BCUT2D eigenvalue weighted by Gasteiger charge is 2.19.